The fourth-order valence-electron chi connectivity index (χ4n) is 4.24. The second-order valence-electron chi connectivity index (χ2n) is 6.81. The molecule has 0 radical (unpaired) electrons. The van der Waals surface area contributed by atoms with Crippen LogP contribution in [0.15, 0.2) is 17.6 Å². The molecule has 3 heterocycles. The molecular formula is C17H23ClN4OS. The van der Waals surface area contributed by atoms with Crippen LogP contribution in [0.4, 0.5) is 0 Å². The Bertz CT molecular complexity index is 742. The summed E-state index contributed by atoms with van der Waals surface area (Å²) < 4.78 is 2.07. The Kier molecular flexibility index (Phi) is 4.73. The van der Waals surface area contributed by atoms with Gasteiger partial charge in [-0.15, -0.1) is 23.7 Å². The summed E-state index contributed by atoms with van der Waals surface area (Å²) in [6, 6.07) is 2.26. The van der Waals surface area contributed by atoms with Crippen molar-refractivity contribution in [2.45, 2.75) is 32.7 Å². The van der Waals surface area contributed by atoms with Crippen molar-refractivity contribution >= 4 is 29.7 Å². The maximum absolute atomic E-state index is 13.0. The molecule has 1 amide bonds. The fourth-order valence-corrected chi connectivity index (χ4v) is 5.00. The Morgan fingerprint density at radius 3 is 2.79 bits per heavy atom. The Labute approximate surface area is 152 Å². The third-order valence-corrected chi connectivity index (χ3v) is 6.23. The minimum Gasteiger partial charge on any atom is -0.338 e. The molecule has 130 valence electrons. The van der Waals surface area contributed by atoms with E-state index in [-0.39, 0.29) is 24.4 Å². The summed E-state index contributed by atoms with van der Waals surface area (Å²) in [4.78, 5) is 19.4. The molecule has 0 bridgehead atoms. The second kappa shape index (κ2) is 6.50. The van der Waals surface area contributed by atoms with Crippen LogP contribution < -0.4 is 5.73 Å². The van der Waals surface area contributed by atoms with Crippen LogP contribution in [0.25, 0.3) is 5.13 Å². The van der Waals surface area contributed by atoms with E-state index in [4.69, 9.17) is 5.73 Å². The molecular weight excluding hydrogens is 344 g/mol. The van der Waals surface area contributed by atoms with Gasteiger partial charge in [-0.1, -0.05) is 0 Å². The van der Waals surface area contributed by atoms with Crippen LogP contribution in [-0.4, -0.2) is 39.5 Å². The highest BCUT2D eigenvalue weighted by atomic mass is 35.5. The molecule has 1 aliphatic heterocycles. The number of rotatable bonds is 2. The van der Waals surface area contributed by atoms with Crippen molar-refractivity contribution in [3.05, 3.63) is 34.6 Å². The van der Waals surface area contributed by atoms with E-state index in [0.29, 0.717) is 11.8 Å². The SMILES string of the molecule is Cc1cc(C(=O)N2CC3CCC(N)C3C2)c(C)n1-c1nccs1.Cl. The van der Waals surface area contributed by atoms with E-state index in [9.17, 15) is 4.79 Å². The standard InChI is InChI=1S/C17H22N4OS.ClH/c1-10-7-13(11(2)21(10)17-19-5-6-23-17)16(22)20-8-12-3-4-15(18)14(12)9-20;/h5-7,12,14-15H,3-4,8-9,18H2,1-2H3;1H. The van der Waals surface area contributed by atoms with Crippen LogP contribution in [0.2, 0.25) is 0 Å². The summed E-state index contributed by atoms with van der Waals surface area (Å²) in [6.45, 7) is 5.70. The fraction of sp³-hybridized carbons (Fsp3) is 0.529. The van der Waals surface area contributed by atoms with Crippen molar-refractivity contribution in [3.63, 3.8) is 0 Å². The first-order valence-electron chi connectivity index (χ1n) is 8.20. The van der Waals surface area contributed by atoms with Crippen molar-refractivity contribution in [2.24, 2.45) is 17.6 Å². The lowest BCUT2D eigenvalue weighted by Crippen LogP contribution is -2.33. The van der Waals surface area contributed by atoms with Crippen LogP contribution >= 0.6 is 23.7 Å². The van der Waals surface area contributed by atoms with E-state index in [2.05, 4.69) is 9.55 Å². The first-order chi connectivity index (χ1) is 11.1. The van der Waals surface area contributed by atoms with Gasteiger partial charge in [0.05, 0.1) is 5.56 Å². The average molecular weight is 367 g/mol. The summed E-state index contributed by atoms with van der Waals surface area (Å²) in [5.74, 6) is 1.22. The summed E-state index contributed by atoms with van der Waals surface area (Å²) in [6.07, 6.45) is 4.06. The molecule has 2 aromatic heterocycles. The number of fused-ring (bicyclic) bond motifs is 1. The third kappa shape index (κ3) is 2.66. The molecule has 4 rings (SSSR count). The summed E-state index contributed by atoms with van der Waals surface area (Å²) in [5.41, 5.74) is 9.02. The lowest BCUT2D eigenvalue weighted by Gasteiger charge is -2.19. The molecule has 2 N–H and O–H groups in total. The minimum atomic E-state index is 0. The van der Waals surface area contributed by atoms with Crippen LogP contribution in [0.5, 0.6) is 0 Å². The largest absolute Gasteiger partial charge is 0.338 e. The summed E-state index contributed by atoms with van der Waals surface area (Å²) in [7, 11) is 0. The zero-order valence-electron chi connectivity index (χ0n) is 13.9. The van der Waals surface area contributed by atoms with Gasteiger partial charge in [0.1, 0.15) is 0 Å². The van der Waals surface area contributed by atoms with Gasteiger partial charge in [0.2, 0.25) is 0 Å². The number of nitrogens with zero attached hydrogens (tertiary/aromatic N) is 3. The molecule has 1 saturated heterocycles. The highest BCUT2D eigenvalue weighted by Gasteiger charge is 2.43. The molecule has 2 aromatic rings. The predicted octanol–water partition coefficient (Wildman–Crippen LogP) is 2.78. The molecule has 0 spiro atoms. The molecule has 2 aliphatic rings. The van der Waals surface area contributed by atoms with Gasteiger partial charge in [-0.3, -0.25) is 9.36 Å². The number of amides is 1. The summed E-state index contributed by atoms with van der Waals surface area (Å²) in [5, 5.41) is 2.87. The van der Waals surface area contributed by atoms with E-state index < -0.39 is 0 Å². The topological polar surface area (TPSA) is 64.2 Å². The van der Waals surface area contributed by atoms with E-state index >= 15 is 0 Å². The first-order valence-corrected chi connectivity index (χ1v) is 9.08. The number of aryl methyl sites for hydroxylation is 1. The van der Waals surface area contributed by atoms with Crippen molar-refractivity contribution in [1.82, 2.24) is 14.5 Å². The molecule has 1 saturated carbocycles. The quantitative estimate of drug-likeness (QED) is 0.888. The van der Waals surface area contributed by atoms with Gasteiger partial charge in [0.25, 0.3) is 5.91 Å². The monoisotopic (exact) mass is 366 g/mol. The number of aromatic nitrogens is 2. The lowest BCUT2D eigenvalue weighted by molar-refractivity contribution is 0.0779. The summed E-state index contributed by atoms with van der Waals surface area (Å²) >= 11 is 1.59. The smallest absolute Gasteiger partial charge is 0.255 e. The number of carbonyl (C=O) groups excluding carboxylic acids is 1. The van der Waals surface area contributed by atoms with Gasteiger partial charge in [-0.2, -0.15) is 0 Å². The van der Waals surface area contributed by atoms with Crippen LogP contribution in [0, 0.1) is 25.7 Å². The molecule has 24 heavy (non-hydrogen) atoms. The Hall–Kier alpha value is -1.37. The normalized spacial score (nSPS) is 25.6. The highest BCUT2D eigenvalue weighted by Crippen LogP contribution is 2.38. The Morgan fingerprint density at radius 2 is 2.12 bits per heavy atom. The molecule has 1 aliphatic carbocycles. The second-order valence-corrected chi connectivity index (χ2v) is 7.68. The van der Waals surface area contributed by atoms with Crippen molar-refractivity contribution < 1.29 is 4.79 Å². The lowest BCUT2D eigenvalue weighted by atomic mass is 9.98. The Morgan fingerprint density at radius 1 is 1.33 bits per heavy atom. The third-order valence-electron chi connectivity index (χ3n) is 5.47. The number of halogens is 1. The number of nitrogens with two attached hydrogens (primary N) is 1. The van der Waals surface area contributed by atoms with Crippen molar-refractivity contribution in [1.29, 1.82) is 0 Å². The number of hydrogen-bond donors (Lipinski definition) is 1. The molecule has 3 unspecified atom stereocenters. The number of hydrogen-bond acceptors (Lipinski definition) is 4. The minimum absolute atomic E-state index is 0. The predicted molar refractivity (Wildman–Crippen MR) is 98.3 cm³/mol. The average Bonchev–Trinajstić information content (AvgIpc) is 3.26. The first kappa shape index (κ1) is 17.5. The van der Waals surface area contributed by atoms with Crippen LogP contribution in [-0.2, 0) is 0 Å². The van der Waals surface area contributed by atoms with Gasteiger partial charge in [0, 0.05) is 42.1 Å². The molecule has 7 heteroatoms. The van der Waals surface area contributed by atoms with Crippen LogP contribution in [0.1, 0.15) is 34.6 Å². The van der Waals surface area contributed by atoms with Gasteiger partial charge in [-0.05, 0) is 44.6 Å². The zero-order chi connectivity index (χ0) is 16.1. The number of likely N-dealkylation sites (tertiary alicyclic amines) is 1. The molecule has 2 fully saturated rings. The maximum Gasteiger partial charge on any atom is 0.255 e. The van der Waals surface area contributed by atoms with Crippen LogP contribution in [0.3, 0.4) is 0 Å². The molecule has 3 atom stereocenters. The van der Waals surface area contributed by atoms with Gasteiger partial charge in [-0.25, -0.2) is 4.98 Å². The van der Waals surface area contributed by atoms with E-state index in [1.165, 1.54) is 0 Å². The van der Waals surface area contributed by atoms with E-state index in [1.54, 1.807) is 17.5 Å². The maximum atomic E-state index is 13.0. The Balaban J connectivity index is 0.00000169. The molecule has 0 aromatic carbocycles. The molecule has 5 nitrogen and oxygen atoms in total. The number of carbonyl (C=O) groups is 1. The van der Waals surface area contributed by atoms with E-state index in [0.717, 1.165) is 48.0 Å². The van der Waals surface area contributed by atoms with Gasteiger partial charge >= 0.3 is 0 Å². The number of thiazole rings is 1. The zero-order valence-corrected chi connectivity index (χ0v) is 15.6. The highest BCUT2D eigenvalue weighted by molar-refractivity contribution is 7.12. The van der Waals surface area contributed by atoms with Gasteiger partial charge < -0.3 is 10.6 Å². The van der Waals surface area contributed by atoms with Gasteiger partial charge in [0.15, 0.2) is 5.13 Å². The van der Waals surface area contributed by atoms with Crippen molar-refractivity contribution in [2.75, 3.05) is 13.1 Å². The van der Waals surface area contributed by atoms with E-state index in [1.807, 2.05) is 30.2 Å². The van der Waals surface area contributed by atoms with Crippen molar-refractivity contribution in [3.8, 4) is 5.13 Å².